The van der Waals surface area contributed by atoms with Crippen LogP contribution in [0.2, 0.25) is 0 Å². The number of nitrogens with zero attached hydrogens (tertiary/aromatic N) is 4. The fourth-order valence-corrected chi connectivity index (χ4v) is 5.37. The van der Waals surface area contributed by atoms with Crippen LogP contribution in [0, 0.1) is 11.3 Å². The van der Waals surface area contributed by atoms with Gasteiger partial charge in [-0.25, -0.2) is 0 Å². The summed E-state index contributed by atoms with van der Waals surface area (Å²) in [7, 11) is 4.08. The first kappa shape index (κ1) is 16.9. The van der Waals surface area contributed by atoms with E-state index in [1.807, 2.05) is 17.9 Å². The Bertz CT molecular complexity index is 634. The van der Waals surface area contributed by atoms with Crippen molar-refractivity contribution >= 4 is 5.96 Å². The Morgan fingerprint density at radius 1 is 1.48 bits per heavy atom. The lowest BCUT2D eigenvalue weighted by Gasteiger charge is -2.57. The maximum Gasteiger partial charge on any atom is 0.194 e. The van der Waals surface area contributed by atoms with Crippen molar-refractivity contribution in [2.24, 2.45) is 23.4 Å². The molecule has 4 rings (SSSR count). The molecular weight excluding hydrogens is 314 g/mol. The molecule has 1 N–H and O–H groups in total. The minimum absolute atomic E-state index is 0.352. The zero-order chi connectivity index (χ0) is 17.4. The van der Waals surface area contributed by atoms with Crippen molar-refractivity contribution in [3.63, 3.8) is 0 Å². The second-order valence-electron chi connectivity index (χ2n) is 7.98. The Labute approximate surface area is 150 Å². The standard InChI is InChI=1S/C19H31N5O/c1-4-20-18(23(2)12-14-11-21-24(3)13-14)22-16-15-7-10-25-17(15)19(16)8-5-6-9-19/h11,13,15-17H,4-10,12H2,1-3H3,(H,20,22). The van der Waals surface area contributed by atoms with Crippen molar-refractivity contribution in [3.05, 3.63) is 18.0 Å². The summed E-state index contributed by atoms with van der Waals surface area (Å²) in [4.78, 5) is 7.01. The van der Waals surface area contributed by atoms with Crippen LogP contribution in [0.3, 0.4) is 0 Å². The minimum Gasteiger partial charge on any atom is -0.377 e. The van der Waals surface area contributed by atoms with Crippen LogP contribution in [-0.4, -0.2) is 53.0 Å². The number of aromatic nitrogens is 2. The van der Waals surface area contributed by atoms with Crippen LogP contribution < -0.4 is 5.32 Å². The highest BCUT2D eigenvalue weighted by Gasteiger charge is 2.65. The SMILES string of the molecule is CCN=C(NC1C2CCOC2C12CCCC2)N(C)Cc1cnn(C)c1. The van der Waals surface area contributed by atoms with Gasteiger partial charge in [-0.1, -0.05) is 12.8 Å². The van der Waals surface area contributed by atoms with Crippen LogP contribution in [0.5, 0.6) is 0 Å². The lowest BCUT2D eigenvalue weighted by molar-refractivity contribution is -0.125. The molecule has 1 aliphatic heterocycles. The summed E-state index contributed by atoms with van der Waals surface area (Å²) < 4.78 is 7.97. The number of fused-ring (bicyclic) bond motifs is 2. The second kappa shape index (κ2) is 6.63. The van der Waals surface area contributed by atoms with Gasteiger partial charge in [-0.2, -0.15) is 5.10 Å². The quantitative estimate of drug-likeness (QED) is 0.671. The van der Waals surface area contributed by atoms with Gasteiger partial charge in [0, 0.05) is 62.9 Å². The van der Waals surface area contributed by atoms with Gasteiger partial charge in [0.15, 0.2) is 5.96 Å². The van der Waals surface area contributed by atoms with Gasteiger partial charge >= 0.3 is 0 Å². The molecule has 138 valence electrons. The van der Waals surface area contributed by atoms with Crippen molar-refractivity contribution < 1.29 is 4.74 Å². The smallest absolute Gasteiger partial charge is 0.194 e. The number of hydrogen-bond donors (Lipinski definition) is 1. The van der Waals surface area contributed by atoms with Crippen molar-refractivity contribution in [1.29, 1.82) is 0 Å². The monoisotopic (exact) mass is 345 g/mol. The Morgan fingerprint density at radius 3 is 2.96 bits per heavy atom. The molecule has 0 bridgehead atoms. The fourth-order valence-electron chi connectivity index (χ4n) is 5.37. The molecule has 2 heterocycles. The van der Waals surface area contributed by atoms with E-state index in [4.69, 9.17) is 9.73 Å². The molecule has 1 aromatic heterocycles. The van der Waals surface area contributed by atoms with Gasteiger partial charge in [-0.05, 0) is 26.2 Å². The molecule has 0 radical (unpaired) electrons. The molecule has 1 spiro atoms. The van der Waals surface area contributed by atoms with Crippen LogP contribution in [0.4, 0.5) is 0 Å². The van der Waals surface area contributed by atoms with Gasteiger partial charge in [0.1, 0.15) is 0 Å². The van der Waals surface area contributed by atoms with Gasteiger partial charge in [0.25, 0.3) is 0 Å². The Kier molecular flexibility index (Phi) is 4.48. The summed E-state index contributed by atoms with van der Waals surface area (Å²) in [5, 5.41) is 8.13. The van der Waals surface area contributed by atoms with Crippen molar-refractivity contribution in [2.75, 3.05) is 20.2 Å². The summed E-state index contributed by atoms with van der Waals surface area (Å²) in [6.45, 7) is 4.66. The maximum absolute atomic E-state index is 6.12. The zero-order valence-corrected chi connectivity index (χ0v) is 15.7. The van der Waals surface area contributed by atoms with Crippen LogP contribution in [0.1, 0.15) is 44.6 Å². The van der Waals surface area contributed by atoms with E-state index in [2.05, 4.69) is 35.5 Å². The van der Waals surface area contributed by atoms with E-state index in [1.54, 1.807) is 0 Å². The molecule has 3 atom stereocenters. The van der Waals surface area contributed by atoms with Crippen molar-refractivity contribution in [3.8, 4) is 0 Å². The molecule has 0 amide bonds. The molecule has 3 fully saturated rings. The van der Waals surface area contributed by atoms with Crippen molar-refractivity contribution in [2.45, 2.75) is 57.7 Å². The highest BCUT2D eigenvalue weighted by Crippen LogP contribution is 2.60. The molecule has 6 nitrogen and oxygen atoms in total. The number of aliphatic imine (C=N–C) groups is 1. The third kappa shape index (κ3) is 2.84. The van der Waals surface area contributed by atoms with Gasteiger partial charge in [0.2, 0.25) is 0 Å². The summed E-state index contributed by atoms with van der Waals surface area (Å²) in [5.74, 6) is 1.68. The highest BCUT2D eigenvalue weighted by molar-refractivity contribution is 5.80. The number of hydrogen-bond acceptors (Lipinski definition) is 3. The van der Waals surface area contributed by atoms with Gasteiger partial charge in [-0.3, -0.25) is 9.67 Å². The largest absolute Gasteiger partial charge is 0.377 e. The van der Waals surface area contributed by atoms with E-state index in [0.717, 1.165) is 25.7 Å². The average Bonchev–Trinajstić information content (AvgIpc) is 3.31. The average molecular weight is 345 g/mol. The topological polar surface area (TPSA) is 54.7 Å². The molecule has 2 aliphatic carbocycles. The summed E-state index contributed by atoms with van der Waals surface area (Å²) in [5.41, 5.74) is 1.56. The Balaban J connectivity index is 1.48. The third-order valence-corrected chi connectivity index (χ3v) is 6.42. The molecule has 3 aliphatic rings. The minimum atomic E-state index is 0.352. The highest BCUT2D eigenvalue weighted by atomic mass is 16.5. The van der Waals surface area contributed by atoms with Gasteiger partial charge < -0.3 is 15.0 Å². The second-order valence-corrected chi connectivity index (χ2v) is 7.98. The molecular formula is C19H31N5O. The van der Waals surface area contributed by atoms with Crippen LogP contribution in [0.25, 0.3) is 0 Å². The molecule has 3 unspecified atom stereocenters. The zero-order valence-electron chi connectivity index (χ0n) is 15.7. The summed E-state index contributed by atoms with van der Waals surface area (Å²) >= 11 is 0. The summed E-state index contributed by atoms with van der Waals surface area (Å²) in [6, 6.07) is 0.518. The van der Waals surface area contributed by atoms with Gasteiger partial charge in [-0.15, -0.1) is 0 Å². The molecule has 25 heavy (non-hydrogen) atoms. The van der Waals surface area contributed by atoms with E-state index < -0.39 is 0 Å². The predicted octanol–water partition coefficient (Wildman–Crippen LogP) is 2.17. The molecule has 0 aromatic carbocycles. The Morgan fingerprint density at radius 2 is 2.28 bits per heavy atom. The number of nitrogens with one attached hydrogen (secondary N) is 1. The number of ether oxygens (including phenoxy) is 1. The first-order chi connectivity index (χ1) is 12.1. The Hall–Kier alpha value is -1.56. The van der Waals surface area contributed by atoms with Crippen LogP contribution >= 0.6 is 0 Å². The van der Waals surface area contributed by atoms with E-state index in [0.29, 0.717) is 23.5 Å². The summed E-state index contributed by atoms with van der Waals surface area (Å²) in [6.07, 6.45) is 11.0. The first-order valence-corrected chi connectivity index (χ1v) is 9.75. The number of guanidine groups is 1. The number of rotatable bonds is 4. The number of aryl methyl sites for hydroxylation is 1. The lowest BCUT2D eigenvalue weighted by atomic mass is 9.54. The first-order valence-electron chi connectivity index (χ1n) is 9.75. The van der Waals surface area contributed by atoms with E-state index >= 15 is 0 Å². The van der Waals surface area contributed by atoms with E-state index in [9.17, 15) is 0 Å². The third-order valence-electron chi connectivity index (χ3n) is 6.42. The molecule has 2 saturated carbocycles. The molecule has 1 aromatic rings. The normalized spacial score (nSPS) is 30.4. The van der Waals surface area contributed by atoms with Crippen LogP contribution in [0.15, 0.2) is 17.4 Å². The molecule has 1 saturated heterocycles. The van der Waals surface area contributed by atoms with E-state index in [-0.39, 0.29) is 0 Å². The molecule has 6 heteroatoms. The van der Waals surface area contributed by atoms with Crippen molar-refractivity contribution in [1.82, 2.24) is 20.0 Å². The maximum atomic E-state index is 6.12. The fraction of sp³-hybridized carbons (Fsp3) is 0.789. The van der Waals surface area contributed by atoms with Gasteiger partial charge in [0.05, 0.1) is 12.3 Å². The van der Waals surface area contributed by atoms with Crippen LogP contribution in [-0.2, 0) is 18.3 Å². The van der Waals surface area contributed by atoms with E-state index in [1.165, 1.54) is 37.7 Å². The predicted molar refractivity (Wildman–Crippen MR) is 98.3 cm³/mol. The lowest BCUT2D eigenvalue weighted by Crippen LogP contribution is -2.69.